The molecule has 27 heavy (non-hydrogen) atoms. The van der Waals surface area contributed by atoms with Gasteiger partial charge in [-0.2, -0.15) is 0 Å². The molecular weight excluding hydrogens is 352 g/mol. The van der Waals surface area contributed by atoms with E-state index in [1.807, 2.05) is 12.1 Å². The molecule has 1 aromatic heterocycles. The molecule has 0 saturated heterocycles. The Labute approximate surface area is 155 Å². The van der Waals surface area contributed by atoms with Crippen molar-refractivity contribution < 1.29 is 18.3 Å². The van der Waals surface area contributed by atoms with E-state index in [1.165, 1.54) is 12.3 Å². The number of hydrogen-bond donors (Lipinski definition) is 2. The number of ether oxygens (including phenoxy) is 1. The first kappa shape index (κ1) is 18.3. The van der Waals surface area contributed by atoms with Gasteiger partial charge >= 0.3 is 0 Å². The molecule has 0 unspecified atom stereocenters. The Hall–Kier alpha value is -3.48. The van der Waals surface area contributed by atoms with Crippen LogP contribution in [-0.4, -0.2) is 18.0 Å². The number of carbonyl (C=O) groups is 1. The molecule has 3 aromatic rings. The maximum Gasteiger partial charge on any atom is 0.228 e. The third-order valence-electron chi connectivity index (χ3n) is 3.76. The highest BCUT2D eigenvalue weighted by Crippen LogP contribution is 2.20. The van der Waals surface area contributed by atoms with Gasteiger partial charge in [0.05, 0.1) is 31.1 Å². The highest BCUT2D eigenvalue weighted by molar-refractivity contribution is 5.92. The predicted molar refractivity (Wildman–Crippen MR) is 99.2 cm³/mol. The topological polar surface area (TPSA) is 63.2 Å². The van der Waals surface area contributed by atoms with Crippen LogP contribution in [0, 0.1) is 11.6 Å². The smallest absolute Gasteiger partial charge is 0.228 e. The van der Waals surface area contributed by atoms with E-state index in [9.17, 15) is 13.6 Å². The van der Waals surface area contributed by atoms with E-state index in [4.69, 9.17) is 4.74 Å². The highest BCUT2D eigenvalue weighted by atomic mass is 19.1. The van der Waals surface area contributed by atoms with Crippen molar-refractivity contribution >= 4 is 23.1 Å². The van der Waals surface area contributed by atoms with Crippen molar-refractivity contribution in [1.82, 2.24) is 4.98 Å². The maximum absolute atomic E-state index is 13.6. The first-order chi connectivity index (χ1) is 13.0. The number of amides is 1. The second-order valence-electron chi connectivity index (χ2n) is 5.75. The molecule has 2 N–H and O–H groups in total. The largest absolute Gasteiger partial charge is 0.497 e. The van der Waals surface area contributed by atoms with E-state index in [2.05, 4.69) is 15.6 Å². The van der Waals surface area contributed by atoms with Crippen molar-refractivity contribution in [3.05, 3.63) is 78.0 Å². The molecular formula is C20H17F2N3O2. The summed E-state index contributed by atoms with van der Waals surface area (Å²) < 4.78 is 31.7. The quantitative estimate of drug-likeness (QED) is 0.680. The number of anilines is 3. The minimum absolute atomic E-state index is 0.111. The maximum atomic E-state index is 13.6. The second kappa shape index (κ2) is 8.27. The predicted octanol–water partition coefficient (Wildman–Crippen LogP) is 4.29. The molecule has 0 spiro atoms. The monoisotopic (exact) mass is 369 g/mol. The van der Waals surface area contributed by atoms with E-state index in [1.54, 1.807) is 31.4 Å². The van der Waals surface area contributed by atoms with Crippen LogP contribution >= 0.6 is 0 Å². The van der Waals surface area contributed by atoms with Crippen LogP contribution in [-0.2, 0) is 11.2 Å². The van der Waals surface area contributed by atoms with Gasteiger partial charge in [-0.05, 0) is 42.0 Å². The van der Waals surface area contributed by atoms with E-state index < -0.39 is 11.6 Å². The average molecular weight is 369 g/mol. The van der Waals surface area contributed by atoms with Crippen molar-refractivity contribution in [1.29, 1.82) is 0 Å². The van der Waals surface area contributed by atoms with Gasteiger partial charge in [-0.1, -0.05) is 12.1 Å². The Morgan fingerprint density at radius 3 is 2.48 bits per heavy atom. The van der Waals surface area contributed by atoms with Gasteiger partial charge in [-0.25, -0.2) is 13.8 Å². The van der Waals surface area contributed by atoms with Crippen molar-refractivity contribution in [2.75, 3.05) is 17.7 Å². The fraction of sp³-hybridized carbons (Fsp3) is 0.100. The lowest BCUT2D eigenvalue weighted by molar-refractivity contribution is -0.115. The lowest BCUT2D eigenvalue weighted by Gasteiger charge is -2.09. The average Bonchev–Trinajstić information content (AvgIpc) is 2.66. The summed E-state index contributed by atoms with van der Waals surface area (Å²) in [5, 5.41) is 5.50. The van der Waals surface area contributed by atoms with E-state index in [0.29, 0.717) is 11.5 Å². The molecule has 5 nitrogen and oxygen atoms in total. The Morgan fingerprint density at radius 2 is 1.85 bits per heavy atom. The van der Waals surface area contributed by atoms with Gasteiger partial charge in [0.1, 0.15) is 23.2 Å². The van der Waals surface area contributed by atoms with Crippen molar-refractivity contribution in [2.24, 2.45) is 0 Å². The lowest BCUT2D eigenvalue weighted by Crippen LogP contribution is -2.14. The number of methoxy groups -OCH3 is 1. The van der Waals surface area contributed by atoms with Crippen molar-refractivity contribution in [2.45, 2.75) is 6.42 Å². The van der Waals surface area contributed by atoms with Crippen LogP contribution in [0.3, 0.4) is 0 Å². The number of carbonyl (C=O) groups excluding carboxylic acids is 1. The molecule has 2 aromatic carbocycles. The standard InChI is InChI=1S/C20H17F2N3O2/c1-27-16-6-2-13(3-7-16)10-20(26)24-15-5-9-19(23-12-15)25-18-8-4-14(21)11-17(18)22/h2-9,11-12H,10H2,1H3,(H,23,25)(H,24,26). The zero-order chi connectivity index (χ0) is 19.2. The molecule has 0 bridgehead atoms. The first-order valence-electron chi connectivity index (χ1n) is 8.14. The number of nitrogens with one attached hydrogen (secondary N) is 2. The fourth-order valence-electron chi connectivity index (χ4n) is 2.40. The van der Waals surface area contributed by atoms with Crippen molar-refractivity contribution in [3.63, 3.8) is 0 Å². The summed E-state index contributed by atoms with van der Waals surface area (Å²) in [6, 6.07) is 13.7. The van der Waals surface area contributed by atoms with E-state index in [0.717, 1.165) is 23.4 Å². The molecule has 0 radical (unpaired) electrons. The van der Waals surface area contributed by atoms with Crippen LogP contribution in [0.4, 0.5) is 26.0 Å². The van der Waals surface area contributed by atoms with Crippen LogP contribution < -0.4 is 15.4 Å². The molecule has 3 rings (SSSR count). The van der Waals surface area contributed by atoms with Gasteiger partial charge in [0.15, 0.2) is 0 Å². The number of halogens is 2. The number of hydrogen-bond acceptors (Lipinski definition) is 4. The summed E-state index contributed by atoms with van der Waals surface area (Å²) in [6.07, 6.45) is 1.67. The van der Waals surface area contributed by atoms with Gasteiger partial charge in [0, 0.05) is 6.07 Å². The minimum atomic E-state index is -0.714. The van der Waals surface area contributed by atoms with Gasteiger partial charge in [-0.15, -0.1) is 0 Å². The molecule has 0 aliphatic rings. The summed E-state index contributed by atoms with van der Waals surface area (Å²) in [6.45, 7) is 0. The minimum Gasteiger partial charge on any atom is -0.497 e. The normalized spacial score (nSPS) is 10.3. The van der Waals surface area contributed by atoms with Crippen LogP contribution in [0.25, 0.3) is 0 Å². The van der Waals surface area contributed by atoms with E-state index >= 15 is 0 Å². The Balaban J connectivity index is 1.58. The van der Waals surface area contributed by atoms with Crippen LogP contribution in [0.1, 0.15) is 5.56 Å². The Morgan fingerprint density at radius 1 is 1.07 bits per heavy atom. The van der Waals surface area contributed by atoms with Gasteiger partial charge < -0.3 is 15.4 Å². The van der Waals surface area contributed by atoms with Gasteiger partial charge in [0.25, 0.3) is 0 Å². The molecule has 7 heteroatoms. The van der Waals surface area contributed by atoms with Crippen LogP contribution in [0.2, 0.25) is 0 Å². The van der Waals surface area contributed by atoms with Crippen LogP contribution in [0.15, 0.2) is 60.8 Å². The number of nitrogens with zero attached hydrogens (tertiary/aromatic N) is 1. The summed E-state index contributed by atoms with van der Waals surface area (Å²) in [7, 11) is 1.58. The summed E-state index contributed by atoms with van der Waals surface area (Å²) in [5.41, 5.74) is 1.48. The number of benzene rings is 2. The second-order valence-corrected chi connectivity index (χ2v) is 5.75. The van der Waals surface area contributed by atoms with E-state index in [-0.39, 0.29) is 18.0 Å². The molecule has 0 saturated carbocycles. The third-order valence-corrected chi connectivity index (χ3v) is 3.76. The molecule has 1 heterocycles. The zero-order valence-corrected chi connectivity index (χ0v) is 14.5. The molecule has 0 fully saturated rings. The van der Waals surface area contributed by atoms with Crippen LogP contribution in [0.5, 0.6) is 5.75 Å². The highest BCUT2D eigenvalue weighted by Gasteiger charge is 2.07. The summed E-state index contributed by atoms with van der Waals surface area (Å²) >= 11 is 0. The Kier molecular flexibility index (Phi) is 5.61. The number of aromatic nitrogens is 1. The molecule has 0 atom stereocenters. The first-order valence-corrected chi connectivity index (χ1v) is 8.14. The SMILES string of the molecule is COc1ccc(CC(=O)Nc2ccc(Nc3ccc(F)cc3F)nc2)cc1. The molecule has 0 aliphatic heterocycles. The zero-order valence-electron chi connectivity index (χ0n) is 14.5. The number of rotatable bonds is 6. The molecule has 1 amide bonds. The van der Waals surface area contributed by atoms with Gasteiger partial charge in [-0.3, -0.25) is 4.79 Å². The Bertz CT molecular complexity index is 929. The lowest BCUT2D eigenvalue weighted by atomic mass is 10.1. The third kappa shape index (κ3) is 5.01. The van der Waals surface area contributed by atoms with Crippen molar-refractivity contribution in [3.8, 4) is 5.75 Å². The molecule has 0 aliphatic carbocycles. The molecule has 138 valence electrons. The summed E-state index contributed by atoms with van der Waals surface area (Å²) in [4.78, 5) is 16.2. The summed E-state index contributed by atoms with van der Waals surface area (Å²) in [5.74, 6) is -0.459. The van der Waals surface area contributed by atoms with Gasteiger partial charge in [0.2, 0.25) is 5.91 Å². The number of pyridine rings is 1. The fourth-order valence-corrected chi connectivity index (χ4v) is 2.40.